The summed E-state index contributed by atoms with van der Waals surface area (Å²) in [7, 11) is 0. The van der Waals surface area contributed by atoms with Crippen LogP contribution in [-0.4, -0.2) is 41.1 Å². The van der Waals surface area contributed by atoms with E-state index in [0.717, 1.165) is 17.5 Å². The summed E-state index contributed by atoms with van der Waals surface area (Å²) < 4.78 is 5.04. The number of carbonyl (C=O) groups excluding carboxylic acids is 2. The lowest BCUT2D eigenvalue weighted by molar-refractivity contribution is -0.124. The molecule has 24 heavy (non-hydrogen) atoms. The summed E-state index contributed by atoms with van der Waals surface area (Å²) in [5.74, 6) is -0.194. The first kappa shape index (κ1) is 16.0. The molecule has 3 rings (SSSR count). The van der Waals surface area contributed by atoms with Gasteiger partial charge in [-0.3, -0.25) is 14.7 Å². The Morgan fingerprint density at radius 1 is 1.21 bits per heavy atom. The predicted molar refractivity (Wildman–Crippen MR) is 88.1 cm³/mol. The number of aromatic nitrogens is 1. The van der Waals surface area contributed by atoms with E-state index < -0.39 is 12.1 Å². The Morgan fingerprint density at radius 3 is 2.75 bits per heavy atom. The van der Waals surface area contributed by atoms with Gasteiger partial charge >= 0.3 is 6.09 Å². The lowest BCUT2D eigenvalue weighted by atomic mass is 10.1. The summed E-state index contributed by atoms with van der Waals surface area (Å²) in [4.78, 5) is 29.7. The molecule has 1 aromatic carbocycles. The molecule has 1 atom stereocenters. The van der Waals surface area contributed by atoms with Gasteiger partial charge in [-0.15, -0.1) is 0 Å². The summed E-state index contributed by atoms with van der Waals surface area (Å²) in [6, 6.07) is 13.0. The molecule has 1 aromatic heterocycles. The van der Waals surface area contributed by atoms with Gasteiger partial charge in [0.05, 0.1) is 6.54 Å². The first-order valence-corrected chi connectivity index (χ1v) is 7.88. The largest absolute Gasteiger partial charge is 0.447 e. The minimum Gasteiger partial charge on any atom is -0.447 e. The highest BCUT2D eigenvalue weighted by atomic mass is 16.6. The van der Waals surface area contributed by atoms with E-state index in [1.54, 1.807) is 18.5 Å². The van der Waals surface area contributed by atoms with E-state index >= 15 is 0 Å². The summed E-state index contributed by atoms with van der Waals surface area (Å²) in [5, 5.41) is 2.88. The van der Waals surface area contributed by atoms with Gasteiger partial charge in [0, 0.05) is 18.9 Å². The topological polar surface area (TPSA) is 71.5 Å². The highest BCUT2D eigenvalue weighted by molar-refractivity contribution is 5.87. The molecule has 1 aliphatic heterocycles. The van der Waals surface area contributed by atoms with Crippen molar-refractivity contribution in [2.75, 3.05) is 13.2 Å². The maximum atomic E-state index is 12.4. The molecule has 0 spiro atoms. The molecule has 0 radical (unpaired) electrons. The summed E-state index contributed by atoms with van der Waals surface area (Å²) in [6.07, 6.45) is 3.62. The zero-order chi connectivity index (χ0) is 16.8. The van der Waals surface area contributed by atoms with E-state index in [4.69, 9.17) is 4.74 Å². The smallest absolute Gasteiger partial charge is 0.410 e. The molecule has 1 N–H and O–H groups in total. The van der Waals surface area contributed by atoms with Crippen molar-refractivity contribution in [3.63, 3.8) is 0 Å². The lowest BCUT2D eigenvalue weighted by Gasteiger charge is -2.20. The minimum absolute atomic E-state index is 0.0796. The van der Waals surface area contributed by atoms with Gasteiger partial charge in [0.25, 0.3) is 0 Å². The SMILES string of the molecule is O=C(NCCc1ccccc1)[C@@H]1COC(=O)N1Cc1cccnc1. The Hall–Kier alpha value is -2.89. The highest BCUT2D eigenvalue weighted by Crippen LogP contribution is 2.16. The molecule has 2 aromatic rings. The van der Waals surface area contributed by atoms with Gasteiger partial charge in [0.15, 0.2) is 0 Å². The van der Waals surface area contributed by atoms with Crippen LogP contribution < -0.4 is 5.32 Å². The number of rotatable bonds is 6. The monoisotopic (exact) mass is 325 g/mol. The zero-order valence-corrected chi connectivity index (χ0v) is 13.2. The summed E-state index contributed by atoms with van der Waals surface area (Å²) >= 11 is 0. The van der Waals surface area contributed by atoms with Crippen molar-refractivity contribution < 1.29 is 14.3 Å². The Kier molecular flexibility index (Phi) is 5.05. The Labute approximate surface area is 140 Å². The lowest BCUT2D eigenvalue weighted by Crippen LogP contribution is -2.45. The van der Waals surface area contributed by atoms with Crippen molar-refractivity contribution in [1.29, 1.82) is 0 Å². The van der Waals surface area contributed by atoms with E-state index in [1.807, 2.05) is 36.4 Å². The van der Waals surface area contributed by atoms with Crippen LogP contribution in [-0.2, 0) is 22.5 Å². The highest BCUT2D eigenvalue weighted by Gasteiger charge is 2.37. The zero-order valence-electron chi connectivity index (χ0n) is 13.2. The molecule has 0 bridgehead atoms. The molecule has 2 heterocycles. The number of hydrogen-bond acceptors (Lipinski definition) is 4. The van der Waals surface area contributed by atoms with Crippen molar-refractivity contribution >= 4 is 12.0 Å². The molecule has 1 saturated heterocycles. The van der Waals surface area contributed by atoms with Crippen LogP contribution >= 0.6 is 0 Å². The number of amides is 2. The number of carbonyl (C=O) groups is 2. The first-order valence-electron chi connectivity index (χ1n) is 7.88. The number of hydrogen-bond donors (Lipinski definition) is 1. The number of cyclic esters (lactones) is 1. The fourth-order valence-electron chi connectivity index (χ4n) is 2.62. The molecular formula is C18H19N3O3. The van der Waals surface area contributed by atoms with E-state index in [9.17, 15) is 9.59 Å². The molecule has 124 valence electrons. The molecule has 0 aliphatic carbocycles. The van der Waals surface area contributed by atoms with Gasteiger partial charge in [-0.2, -0.15) is 0 Å². The number of benzene rings is 1. The second-order valence-corrected chi connectivity index (χ2v) is 5.61. The molecule has 0 unspecified atom stereocenters. The molecule has 2 amide bonds. The van der Waals surface area contributed by atoms with Crippen LogP contribution in [0.2, 0.25) is 0 Å². The molecule has 0 saturated carbocycles. The van der Waals surface area contributed by atoms with Crippen LogP contribution in [0.1, 0.15) is 11.1 Å². The molecule has 1 aliphatic rings. The average Bonchev–Trinajstić information content (AvgIpc) is 2.97. The van der Waals surface area contributed by atoms with E-state index in [-0.39, 0.29) is 12.5 Å². The fraction of sp³-hybridized carbons (Fsp3) is 0.278. The Morgan fingerprint density at radius 2 is 2.00 bits per heavy atom. The number of ether oxygens (including phenoxy) is 1. The summed E-state index contributed by atoms with van der Waals surface area (Å²) in [6.45, 7) is 0.911. The molecule has 1 fully saturated rings. The van der Waals surface area contributed by atoms with Gasteiger partial charge < -0.3 is 10.1 Å². The van der Waals surface area contributed by atoms with Crippen molar-refractivity contribution in [2.24, 2.45) is 0 Å². The quantitative estimate of drug-likeness (QED) is 0.878. The van der Waals surface area contributed by atoms with E-state index in [1.165, 1.54) is 4.90 Å². The van der Waals surface area contributed by atoms with Crippen molar-refractivity contribution in [3.8, 4) is 0 Å². The fourth-order valence-corrected chi connectivity index (χ4v) is 2.62. The van der Waals surface area contributed by atoms with Crippen LogP contribution in [0, 0.1) is 0 Å². The van der Waals surface area contributed by atoms with Crippen molar-refractivity contribution in [2.45, 2.75) is 19.0 Å². The van der Waals surface area contributed by atoms with Gasteiger partial charge in [-0.05, 0) is 23.6 Å². The number of nitrogens with zero attached hydrogens (tertiary/aromatic N) is 2. The number of nitrogens with one attached hydrogen (secondary N) is 1. The minimum atomic E-state index is -0.603. The second-order valence-electron chi connectivity index (χ2n) is 5.61. The molecule has 6 nitrogen and oxygen atoms in total. The molecule has 6 heteroatoms. The first-order chi connectivity index (χ1) is 11.7. The van der Waals surface area contributed by atoms with Crippen LogP contribution in [0.5, 0.6) is 0 Å². The molecular weight excluding hydrogens is 306 g/mol. The Bertz CT molecular complexity index is 691. The van der Waals surface area contributed by atoms with Crippen LogP contribution in [0.25, 0.3) is 0 Å². The van der Waals surface area contributed by atoms with Gasteiger partial charge in [-0.1, -0.05) is 36.4 Å². The normalized spacial score (nSPS) is 16.8. The van der Waals surface area contributed by atoms with Gasteiger partial charge in [0.1, 0.15) is 12.6 Å². The van der Waals surface area contributed by atoms with Gasteiger partial charge in [-0.25, -0.2) is 4.79 Å². The Balaban J connectivity index is 1.55. The predicted octanol–water partition coefficient (Wildman–Crippen LogP) is 1.76. The van der Waals surface area contributed by atoms with Gasteiger partial charge in [0.2, 0.25) is 5.91 Å². The van der Waals surface area contributed by atoms with Crippen molar-refractivity contribution in [1.82, 2.24) is 15.2 Å². The third-order valence-corrected chi connectivity index (χ3v) is 3.91. The van der Waals surface area contributed by atoms with Crippen LogP contribution in [0.3, 0.4) is 0 Å². The van der Waals surface area contributed by atoms with Crippen LogP contribution in [0.4, 0.5) is 4.79 Å². The van der Waals surface area contributed by atoms with E-state index in [0.29, 0.717) is 13.1 Å². The summed E-state index contributed by atoms with van der Waals surface area (Å²) in [5.41, 5.74) is 2.02. The van der Waals surface area contributed by atoms with Crippen molar-refractivity contribution in [3.05, 3.63) is 66.0 Å². The van der Waals surface area contributed by atoms with Crippen LogP contribution in [0.15, 0.2) is 54.9 Å². The maximum absolute atomic E-state index is 12.4. The second kappa shape index (κ2) is 7.59. The maximum Gasteiger partial charge on any atom is 0.410 e. The number of pyridine rings is 1. The van der Waals surface area contributed by atoms with E-state index in [2.05, 4.69) is 10.3 Å². The standard InChI is InChI=1S/C18H19N3O3/c22-17(20-10-8-14-5-2-1-3-6-14)16-13-24-18(23)21(16)12-15-7-4-9-19-11-15/h1-7,9,11,16H,8,10,12-13H2,(H,20,22)/t16-/m0/s1. The average molecular weight is 325 g/mol. The third kappa shape index (κ3) is 3.90. The third-order valence-electron chi connectivity index (χ3n) is 3.91.